The summed E-state index contributed by atoms with van der Waals surface area (Å²) in [5, 5.41) is 9.66. The molecule has 1 heterocycles. The summed E-state index contributed by atoms with van der Waals surface area (Å²) in [4.78, 5) is 11.0. The Hall–Kier alpha value is -2.73. The number of fused-ring (bicyclic) bond motifs is 1. The van der Waals surface area contributed by atoms with Crippen LogP contribution >= 0.6 is 0 Å². The molecule has 6 heteroatoms. The Bertz CT molecular complexity index is 742. The van der Waals surface area contributed by atoms with Crippen LogP contribution in [0.25, 0.3) is 0 Å². The average Bonchev–Trinajstić information content (AvgIpc) is 2.65. The minimum atomic E-state index is -0.572. The highest BCUT2D eigenvalue weighted by atomic mass is 16.6. The first kappa shape index (κ1) is 16.1. The summed E-state index contributed by atoms with van der Waals surface area (Å²) in [5.74, 6) is 2.12. The molecule has 1 N–H and O–H groups in total. The largest absolute Gasteiger partial charge is 0.493 e. The molecule has 0 aliphatic carbocycles. The highest BCUT2D eigenvalue weighted by molar-refractivity contribution is 5.76. The monoisotopic (exact) mass is 330 g/mol. The van der Waals surface area contributed by atoms with Gasteiger partial charge in [-0.2, -0.15) is 0 Å². The van der Waals surface area contributed by atoms with E-state index in [1.807, 2.05) is 6.07 Å². The van der Waals surface area contributed by atoms with Crippen LogP contribution in [0.1, 0.15) is 22.0 Å². The van der Waals surface area contributed by atoms with Crippen LogP contribution in [0, 0.1) is 0 Å². The van der Waals surface area contributed by atoms with E-state index >= 15 is 0 Å². The molecule has 2 atom stereocenters. The Kier molecular flexibility index (Phi) is 4.57. The maximum atomic E-state index is 11.0. The molecular formula is C18H18O6. The van der Waals surface area contributed by atoms with E-state index in [2.05, 4.69) is 0 Å². The number of aliphatic hydroxyl groups is 1. The van der Waals surface area contributed by atoms with Gasteiger partial charge >= 0.3 is 0 Å². The fraction of sp³-hybridized carbons (Fsp3) is 0.278. The van der Waals surface area contributed by atoms with Gasteiger partial charge in [-0.25, -0.2) is 0 Å². The average molecular weight is 330 g/mol. The molecule has 0 unspecified atom stereocenters. The highest BCUT2D eigenvalue weighted by Gasteiger charge is 2.33. The van der Waals surface area contributed by atoms with Crippen molar-refractivity contribution in [2.45, 2.75) is 12.2 Å². The Morgan fingerprint density at radius 2 is 1.83 bits per heavy atom. The second-order valence-corrected chi connectivity index (χ2v) is 5.32. The third-order valence-corrected chi connectivity index (χ3v) is 3.89. The molecule has 3 rings (SSSR count). The smallest absolute Gasteiger partial charge is 0.163 e. The normalized spacial score (nSPS) is 18.8. The lowest BCUT2D eigenvalue weighted by molar-refractivity contribution is -0.0124. The van der Waals surface area contributed by atoms with Crippen LogP contribution in [0.2, 0.25) is 0 Å². The summed E-state index contributed by atoms with van der Waals surface area (Å²) in [6.45, 7) is -0.214. The van der Waals surface area contributed by atoms with E-state index in [-0.39, 0.29) is 6.61 Å². The number of carbonyl (C=O) groups is 1. The molecule has 0 saturated heterocycles. The van der Waals surface area contributed by atoms with Gasteiger partial charge in [0, 0.05) is 11.1 Å². The van der Waals surface area contributed by atoms with Gasteiger partial charge in [0.25, 0.3) is 0 Å². The van der Waals surface area contributed by atoms with Crippen molar-refractivity contribution in [1.82, 2.24) is 0 Å². The van der Waals surface area contributed by atoms with Crippen molar-refractivity contribution in [3.05, 3.63) is 47.5 Å². The highest BCUT2D eigenvalue weighted by Crippen LogP contribution is 2.41. The lowest BCUT2D eigenvalue weighted by Gasteiger charge is -2.33. The van der Waals surface area contributed by atoms with Gasteiger partial charge in [0.2, 0.25) is 0 Å². The molecule has 1 aliphatic rings. The van der Waals surface area contributed by atoms with E-state index in [9.17, 15) is 9.90 Å². The van der Waals surface area contributed by atoms with Crippen molar-refractivity contribution in [3.63, 3.8) is 0 Å². The van der Waals surface area contributed by atoms with Gasteiger partial charge in [-0.15, -0.1) is 0 Å². The molecule has 0 bridgehead atoms. The van der Waals surface area contributed by atoms with Crippen LogP contribution < -0.4 is 18.9 Å². The van der Waals surface area contributed by atoms with Gasteiger partial charge in [0.15, 0.2) is 35.2 Å². The molecular weight excluding hydrogens is 312 g/mol. The van der Waals surface area contributed by atoms with E-state index < -0.39 is 12.2 Å². The summed E-state index contributed by atoms with van der Waals surface area (Å²) in [5.41, 5.74) is 1.26. The van der Waals surface area contributed by atoms with Gasteiger partial charge in [-0.1, -0.05) is 6.07 Å². The Morgan fingerprint density at radius 3 is 2.50 bits per heavy atom. The van der Waals surface area contributed by atoms with Crippen molar-refractivity contribution >= 4 is 6.29 Å². The van der Waals surface area contributed by atoms with Crippen molar-refractivity contribution in [1.29, 1.82) is 0 Å². The topological polar surface area (TPSA) is 74.2 Å². The molecule has 0 aromatic heterocycles. The van der Waals surface area contributed by atoms with Crippen molar-refractivity contribution in [3.8, 4) is 23.0 Å². The zero-order valence-electron chi connectivity index (χ0n) is 13.4. The Morgan fingerprint density at radius 1 is 1.04 bits per heavy atom. The van der Waals surface area contributed by atoms with Crippen molar-refractivity contribution < 1.29 is 28.8 Å². The first-order chi connectivity index (χ1) is 11.7. The van der Waals surface area contributed by atoms with Crippen LogP contribution in [0.3, 0.4) is 0 Å². The maximum absolute atomic E-state index is 11.0. The molecule has 0 spiro atoms. The second kappa shape index (κ2) is 6.80. The fourth-order valence-corrected chi connectivity index (χ4v) is 2.67. The number of aliphatic hydroxyl groups excluding tert-OH is 1. The van der Waals surface area contributed by atoms with Gasteiger partial charge < -0.3 is 24.1 Å². The lowest BCUT2D eigenvalue weighted by atomic mass is 10.0. The minimum absolute atomic E-state index is 0.214. The summed E-state index contributed by atoms with van der Waals surface area (Å²) >= 11 is 0. The molecule has 0 saturated carbocycles. The van der Waals surface area contributed by atoms with Crippen LogP contribution in [0.4, 0.5) is 0 Å². The molecule has 24 heavy (non-hydrogen) atoms. The predicted molar refractivity (Wildman–Crippen MR) is 86.2 cm³/mol. The van der Waals surface area contributed by atoms with Crippen LogP contribution in [-0.4, -0.2) is 38.3 Å². The molecule has 2 aromatic carbocycles. The van der Waals surface area contributed by atoms with Crippen LogP contribution in [0.5, 0.6) is 23.0 Å². The number of hydrogen-bond donors (Lipinski definition) is 1. The first-order valence-electron chi connectivity index (χ1n) is 7.45. The van der Waals surface area contributed by atoms with E-state index in [4.69, 9.17) is 18.9 Å². The van der Waals surface area contributed by atoms with Gasteiger partial charge in [-0.3, -0.25) is 4.79 Å². The molecule has 0 radical (unpaired) electrons. The fourth-order valence-electron chi connectivity index (χ4n) is 2.67. The number of ether oxygens (including phenoxy) is 4. The Balaban J connectivity index is 1.98. The number of methoxy groups -OCH3 is 2. The second-order valence-electron chi connectivity index (χ2n) is 5.32. The number of rotatable bonds is 5. The summed E-state index contributed by atoms with van der Waals surface area (Å²) in [6.07, 6.45) is -0.366. The van der Waals surface area contributed by atoms with Crippen molar-refractivity contribution in [2.24, 2.45) is 0 Å². The zero-order valence-corrected chi connectivity index (χ0v) is 13.4. The third kappa shape index (κ3) is 2.88. The summed E-state index contributed by atoms with van der Waals surface area (Å²) < 4.78 is 22.4. The summed E-state index contributed by atoms with van der Waals surface area (Å²) in [7, 11) is 3.11. The van der Waals surface area contributed by atoms with E-state index in [1.54, 1.807) is 44.6 Å². The molecule has 1 aliphatic heterocycles. The standard InChI is InChI=1S/C18H18O6/c1-21-13-6-4-12(8-15(13)22-2)18-17(10-20)23-14-5-3-11(9-19)7-16(14)24-18/h3-9,17-18,20H,10H2,1-2H3/t17-,18-/m0/s1. The zero-order chi connectivity index (χ0) is 17.1. The van der Waals surface area contributed by atoms with Gasteiger partial charge in [0.05, 0.1) is 20.8 Å². The quantitative estimate of drug-likeness (QED) is 0.849. The van der Waals surface area contributed by atoms with Crippen molar-refractivity contribution in [2.75, 3.05) is 20.8 Å². The molecule has 0 amide bonds. The first-order valence-corrected chi connectivity index (χ1v) is 7.45. The molecule has 126 valence electrons. The van der Waals surface area contributed by atoms with E-state index in [1.165, 1.54) is 0 Å². The number of aldehydes is 1. The number of benzene rings is 2. The van der Waals surface area contributed by atoms with Crippen LogP contribution in [-0.2, 0) is 0 Å². The minimum Gasteiger partial charge on any atom is -0.493 e. The predicted octanol–water partition coefficient (Wildman–Crippen LogP) is 2.39. The maximum Gasteiger partial charge on any atom is 0.163 e. The van der Waals surface area contributed by atoms with E-state index in [0.29, 0.717) is 28.6 Å². The molecule has 0 fully saturated rings. The van der Waals surface area contributed by atoms with Gasteiger partial charge in [-0.05, 0) is 30.3 Å². The summed E-state index contributed by atoms with van der Waals surface area (Å²) in [6, 6.07) is 10.3. The lowest BCUT2D eigenvalue weighted by Crippen LogP contribution is -2.36. The number of hydrogen-bond acceptors (Lipinski definition) is 6. The van der Waals surface area contributed by atoms with Gasteiger partial charge in [0.1, 0.15) is 6.29 Å². The molecule has 2 aromatic rings. The SMILES string of the molecule is COc1ccc([C@@H]2Oc3cc(C=O)ccc3O[C@H]2CO)cc1OC. The van der Waals surface area contributed by atoms with Crippen LogP contribution in [0.15, 0.2) is 36.4 Å². The van der Waals surface area contributed by atoms with E-state index in [0.717, 1.165) is 11.8 Å². The third-order valence-electron chi connectivity index (χ3n) is 3.89. The molecule has 6 nitrogen and oxygen atoms in total. The Labute approximate surface area is 139 Å². The number of carbonyl (C=O) groups excluding carboxylic acids is 1.